The van der Waals surface area contributed by atoms with Gasteiger partial charge in [0, 0.05) is 11.3 Å². The molecule has 1 N–H and O–H groups in total. The third kappa shape index (κ3) is 3.12. The summed E-state index contributed by atoms with van der Waals surface area (Å²) >= 11 is 4.83. The first-order valence-electron chi connectivity index (χ1n) is 4.93. The maximum atomic E-state index is 13.0. The van der Waals surface area contributed by atoms with Gasteiger partial charge in [0.15, 0.2) is 11.6 Å². The van der Waals surface area contributed by atoms with Crippen LogP contribution in [-0.2, 0) is 6.42 Å². The number of hydrogen-bond acceptors (Lipinski definition) is 2. The Hall–Kier alpha value is -0.780. The fraction of sp³-hybridized carbons (Fsp3) is 0.167. The Labute approximate surface area is 110 Å². The van der Waals surface area contributed by atoms with E-state index in [2.05, 4.69) is 15.9 Å². The first kappa shape index (κ1) is 12.7. The van der Waals surface area contributed by atoms with Crippen LogP contribution in [0, 0.1) is 11.6 Å². The van der Waals surface area contributed by atoms with Gasteiger partial charge in [0.2, 0.25) is 0 Å². The minimum atomic E-state index is -0.936. The summed E-state index contributed by atoms with van der Waals surface area (Å²) in [5.41, 5.74) is 0.383. The molecular formula is C12H9BrF2OS. The van der Waals surface area contributed by atoms with E-state index in [0.29, 0.717) is 12.0 Å². The second-order valence-corrected chi connectivity index (χ2v) is 6.15. The van der Waals surface area contributed by atoms with Crippen molar-refractivity contribution >= 4 is 27.3 Å². The fourth-order valence-corrected chi connectivity index (χ4v) is 3.01. The van der Waals surface area contributed by atoms with Gasteiger partial charge in [0.05, 0.1) is 9.89 Å². The standard InChI is InChI=1S/C12H9BrF2OS/c13-12-4-2-8(17-12)6-11(16)7-1-3-9(14)10(15)5-7/h1-5,11,16H,6H2. The molecule has 0 saturated carbocycles. The number of benzene rings is 1. The van der Waals surface area contributed by atoms with E-state index in [1.165, 1.54) is 17.4 Å². The molecule has 2 aromatic rings. The van der Waals surface area contributed by atoms with Crippen LogP contribution < -0.4 is 0 Å². The first-order chi connectivity index (χ1) is 8.06. The molecule has 0 saturated heterocycles. The minimum Gasteiger partial charge on any atom is -0.388 e. The fourth-order valence-electron chi connectivity index (χ4n) is 1.49. The molecular weight excluding hydrogens is 310 g/mol. The second-order valence-electron chi connectivity index (χ2n) is 3.60. The van der Waals surface area contributed by atoms with Gasteiger partial charge in [-0.1, -0.05) is 6.07 Å². The molecule has 1 nitrogen and oxygen atoms in total. The zero-order valence-corrected chi connectivity index (χ0v) is 11.1. The van der Waals surface area contributed by atoms with Gasteiger partial charge in [-0.15, -0.1) is 11.3 Å². The predicted octanol–water partition coefficient (Wildman–Crippen LogP) is 4.06. The highest BCUT2D eigenvalue weighted by atomic mass is 79.9. The molecule has 0 radical (unpaired) electrons. The van der Waals surface area contributed by atoms with Crippen molar-refractivity contribution < 1.29 is 13.9 Å². The van der Waals surface area contributed by atoms with E-state index in [-0.39, 0.29) is 0 Å². The van der Waals surface area contributed by atoms with Gasteiger partial charge in [-0.05, 0) is 45.8 Å². The van der Waals surface area contributed by atoms with E-state index < -0.39 is 17.7 Å². The first-order valence-corrected chi connectivity index (χ1v) is 6.54. The molecule has 0 spiro atoms. The quantitative estimate of drug-likeness (QED) is 0.904. The minimum absolute atomic E-state index is 0.383. The monoisotopic (exact) mass is 318 g/mol. The number of hydrogen-bond donors (Lipinski definition) is 1. The summed E-state index contributed by atoms with van der Waals surface area (Å²) in [6, 6.07) is 7.22. The maximum Gasteiger partial charge on any atom is 0.159 e. The molecule has 1 atom stereocenters. The van der Waals surface area contributed by atoms with Crippen LogP contribution in [0.3, 0.4) is 0 Å². The lowest BCUT2D eigenvalue weighted by molar-refractivity contribution is 0.179. The molecule has 1 unspecified atom stereocenters. The highest BCUT2D eigenvalue weighted by molar-refractivity contribution is 9.11. The summed E-state index contributed by atoms with van der Waals surface area (Å²) in [5.74, 6) is -1.84. The lowest BCUT2D eigenvalue weighted by Crippen LogP contribution is -2.01. The lowest BCUT2D eigenvalue weighted by atomic mass is 10.1. The zero-order valence-electron chi connectivity index (χ0n) is 8.66. The predicted molar refractivity (Wildman–Crippen MR) is 67.0 cm³/mol. The molecule has 17 heavy (non-hydrogen) atoms. The van der Waals surface area contributed by atoms with Crippen LogP contribution >= 0.6 is 27.3 Å². The summed E-state index contributed by atoms with van der Waals surface area (Å²) in [6.07, 6.45) is -0.433. The molecule has 0 fully saturated rings. The van der Waals surface area contributed by atoms with Crippen LogP contribution in [0.15, 0.2) is 34.1 Å². The van der Waals surface area contributed by atoms with Crippen molar-refractivity contribution in [3.8, 4) is 0 Å². The number of aliphatic hydroxyl groups excluding tert-OH is 1. The van der Waals surface area contributed by atoms with Crippen molar-refractivity contribution in [1.29, 1.82) is 0 Å². The van der Waals surface area contributed by atoms with Crippen LogP contribution in [-0.4, -0.2) is 5.11 Å². The number of aliphatic hydroxyl groups is 1. The summed E-state index contributed by atoms with van der Waals surface area (Å²) in [7, 11) is 0. The molecule has 1 aromatic heterocycles. The van der Waals surface area contributed by atoms with E-state index in [1.54, 1.807) is 0 Å². The van der Waals surface area contributed by atoms with E-state index in [9.17, 15) is 13.9 Å². The maximum absolute atomic E-state index is 13.0. The average molecular weight is 319 g/mol. The number of rotatable bonds is 3. The van der Waals surface area contributed by atoms with Crippen LogP contribution in [0.2, 0.25) is 0 Å². The SMILES string of the molecule is OC(Cc1ccc(Br)s1)c1ccc(F)c(F)c1. The van der Waals surface area contributed by atoms with Crippen LogP contribution in [0.25, 0.3) is 0 Å². The van der Waals surface area contributed by atoms with Crippen molar-refractivity contribution in [3.63, 3.8) is 0 Å². The Balaban J connectivity index is 2.14. The molecule has 0 aliphatic rings. The summed E-state index contributed by atoms with van der Waals surface area (Å²) in [6.45, 7) is 0. The molecule has 90 valence electrons. The summed E-state index contributed by atoms with van der Waals surface area (Å²) in [5, 5.41) is 9.90. The molecule has 0 amide bonds. The zero-order chi connectivity index (χ0) is 12.4. The molecule has 0 bridgehead atoms. The van der Waals surface area contributed by atoms with Crippen molar-refractivity contribution in [2.75, 3.05) is 0 Å². The highest BCUT2D eigenvalue weighted by Gasteiger charge is 2.12. The summed E-state index contributed by atoms with van der Waals surface area (Å²) < 4.78 is 26.7. The van der Waals surface area contributed by atoms with Crippen molar-refractivity contribution in [1.82, 2.24) is 0 Å². The third-order valence-electron chi connectivity index (χ3n) is 2.35. The van der Waals surface area contributed by atoms with Gasteiger partial charge in [0.25, 0.3) is 0 Å². The Kier molecular flexibility index (Phi) is 3.91. The second kappa shape index (κ2) is 5.25. The normalized spacial score (nSPS) is 12.7. The molecule has 2 rings (SSSR count). The largest absolute Gasteiger partial charge is 0.388 e. The topological polar surface area (TPSA) is 20.2 Å². The van der Waals surface area contributed by atoms with Gasteiger partial charge >= 0.3 is 0 Å². The van der Waals surface area contributed by atoms with Gasteiger partial charge in [-0.2, -0.15) is 0 Å². The summed E-state index contributed by atoms with van der Waals surface area (Å²) in [4.78, 5) is 0.981. The lowest BCUT2D eigenvalue weighted by Gasteiger charge is -2.09. The third-order valence-corrected chi connectivity index (χ3v) is 4.00. The Bertz CT molecular complexity index is 527. The smallest absolute Gasteiger partial charge is 0.159 e. The Morgan fingerprint density at radius 3 is 2.53 bits per heavy atom. The number of halogens is 3. The Morgan fingerprint density at radius 1 is 1.18 bits per heavy atom. The van der Waals surface area contributed by atoms with Crippen LogP contribution in [0.1, 0.15) is 16.5 Å². The average Bonchev–Trinajstić information content (AvgIpc) is 2.68. The number of thiophene rings is 1. The molecule has 1 aromatic carbocycles. The molecule has 5 heteroatoms. The molecule has 1 heterocycles. The van der Waals surface area contributed by atoms with Crippen molar-refractivity contribution in [2.24, 2.45) is 0 Å². The van der Waals surface area contributed by atoms with Crippen molar-refractivity contribution in [2.45, 2.75) is 12.5 Å². The van der Waals surface area contributed by atoms with Crippen molar-refractivity contribution in [3.05, 3.63) is 56.2 Å². The molecule has 0 aliphatic heterocycles. The molecule has 0 aliphatic carbocycles. The van der Waals surface area contributed by atoms with Gasteiger partial charge < -0.3 is 5.11 Å². The van der Waals surface area contributed by atoms with Gasteiger partial charge in [0.1, 0.15) is 0 Å². The van der Waals surface area contributed by atoms with E-state index in [0.717, 1.165) is 20.8 Å². The Morgan fingerprint density at radius 2 is 1.94 bits per heavy atom. The highest BCUT2D eigenvalue weighted by Crippen LogP contribution is 2.27. The van der Waals surface area contributed by atoms with Crippen LogP contribution in [0.5, 0.6) is 0 Å². The van der Waals surface area contributed by atoms with Gasteiger partial charge in [-0.25, -0.2) is 8.78 Å². The van der Waals surface area contributed by atoms with E-state index >= 15 is 0 Å². The van der Waals surface area contributed by atoms with E-state index in [1.807, 2.05) is 12.1 Å². The van der Waals surface area contributed by atoms with Gasteiger partial charge in [-0.3, -0.25) is 0 Å². The van der Waals surface area contributed by atoms with Crippen LogP contribution in [0.4, 0.5) is 8.78 Å². The van der Waals surface area contributed by atoms with E-state index in [4.69, 9.17) is 0 Å².